The first-order valence-electron chi connectivity index (χ1n) is 8.14. The highest BCUT2D eigenvalue weighted by Crippen LogP contribution is 2.41. The third kappa shape index (κ3) is 3.07. The van der Waals surface area contributed by atoms with Crippen LogP contribution >= 0.6 is 0 Å². The fourth-order valence-electron chi connectivity index (χ4n) is 3.06. The second kappa shape index (κ2) is 6.75. The summed E-state index contributed by atoms with van der Waals surface area (Å²) < 4.78 is 11.5. The normalized spacial score (nSPS) is 21.9. The smallest absolute Gasteiger partial charge is 0.196 e. The first-order valence-corrected chi connectivity index (χ1v) is 8.14. The lowest BCUT2D eigenvalue weighted by Gasteiger charge is -2.29. The lowest BCUT2D eigenvalue weighted by molar-refractivity contribution is 0.0960. The minimum atomic E-state index is -0.441. The molecular weight excluding hydrogens is 312 g/mol. The fraction of sp³-hybridized carbons (Fsp3) is 0.0909. The maximum absolute atomic E-state index is 13.1. The zero-order chi connectivity index (χ0) is 17.2. The van der Waals surface area contributed by atoms with E-state index in [1.54, 1.807) is 25.3 Å². The monoisotopic (exact) mass is 329 g/mol. The number of rotatable bonds is 3. The number of allylic oxidation sites excluding steroid dienone is 1. The molecule has 4 rings (SSSR count). The zero-order valence-corrected chi connectivity index (χ0v) is 13.8. The predicted octanol–water partition coefficient (Wildman–Crippen LogP) is 4.34. The van der Waals surface area contributed by atoms with Crippen LogP contribution in [-0.4, -0.2) is 12.9 Å². The van der Waals surface area contributed by atoms with Gasteiger partial charge in [0.15, 0.2) is 11.9 Å². The van der Waals surface area contributed by atoms with Crippen molar-refractivity contribution in [3.8, 4) is 11.5 Å². The second-order valence-electron chi connectivity index (χ2n) is 5.92. The molecule has 1 unspecified atom stereocenters. The molecule has 123 valence electrons. The Kier molecular flexibility index (Phi) is 4.31. The minimum absolute atomic E-state index is 0.0149. The molecule has 1 fully saturated rings. The summed E-state index contributed by atoms with van der Waals surface area (Å²) in [6, 6.07) is 15.1. The van der Waals surface area contributed by atoms with Crippen LogP contribution in [0.2, 0.25) is 0 Å². The number of methoxy groups -OCH3 is 1. The minimum Gasteiger partial charge on any atom is -0.497 e. The molecular formula is C22H17O3. The number of hydrogen-bond donors (Lipinski definition) is 0. The molecule has 1 aliphatic carbocycles. The molecule has 1 aliphatic heterocycles. The van der Waals surface area contributed by atoms with Crippen molar-refractivity contribution < 1.29 is 14.3 Å². The summed E-state index contributed by atoms with van der Waals surface area (Å²) in [5.41, 5.74) is 2.14. The van der Waals surface area contributed by atoms with E-state index in [-0.39, 0.29) is 5.78 Å². The average Bonchev–Trinajstić information content (AvgIpc) is 3.17. The van der Waals surface area contributed by atoms with E-state index in [0.717, 1.165) is 11.5 Å². The van der Waals surface area contributed by atoms with Gasteiger partial charge in [0.05, 0.1) is 12.7 Å². The van der Waals surface area contributed by atoms with Crippen LogP contribution in [0.1, 0.15) is 22.0 Å². The molecule has 0 amide bonds. The van der Waals surface area contributed by atoms with Crippen LogP contribution in [0, 0.1) is 31.6 Å². The predicted molar refractivity (Wildman–Crippen MR) is 95.7 cm³/mol. The first-order chi connectivity index (χ1) is 12.3. The van der Waals surface area contributed by atoms with Crippen LogP contribution in [-0.2, 0) is 0 Å². The van der Waals surface area contributed by atoms with E-state index >= 15 is 0 Å². The van der Waals surface area contributed by atoms with E-state index in [1.165, 1.54) is 0 Å². The average molecular weight is 329 g/mol. The molecule has 2 aromatic rings. The highest BCUT2D eigenvalue weighted by molar-refractivity contribution is 6.12. The van der Waals surface area contributed by atoms with Crippen molar-refractivity contribution >= 4 is 5.78 Å². The summed E-state index contributed by atoms with van der Waals surface area (Å²) in [6.07, 6.45) is 9.34. The molecule has 0 bridgehead atoms. The topological polar surface area (TPSA) is 35.5 Å². The molecule has 0 spiro atoms. The second-order valence-corrected chi connectivity index (χ2v) is 5.92. The number of carbonyl (C=O) groups excluding carboxylic acids is 1. The van der Waals surface area contributed by atoms with Gasteiger partial charge in [0.1, 0.15) is 11.5 Å². The van der Waals surface area contributed by atoms with Crippen molar-refractivity contribution in [3.05, 3.63) is 103 Å². The number of Topliss-reactive ketones (excluding diaryl/α,β-unsaturated/α-hetero) is 1. The third-order valence-electron chi connectivity index (χ3n) is 4.34. The third-order valence-corrected chi connectivity index (χ3v) is 4.34. The van der Waals surface area contributed by atoms with E-state index in [4.69, 9.17) is 9.47 Å². The molecule has 2 aromatic carbocycles. The van der Waals surface area contributed by atoms with Gasteiger partial charge >= 0.3 is 0 Å². The summed E-state index contributed by atoms with van der Waals surface area (Å²) in [6.45, 7) is 0. The first kappa shape index (κ1) is 15.9. The Hall–Kier alpha value is -2.55. The summed E-state index contributed by atoms with van der Waals surface area (Å²) in [5.74, 6) is 2.20. The van der Waals surface area contributed by atoms with Crippen LogP contribution in [0.4, 0.5) is 0 Å². The van der Waals surface area contributed by atoms with Crippen LogP contribution in [0.15, 0.2) is 60.2 Å². The lowest BCUT2D eigenvalue weighted by atomic mass is 9.88. The molecule has 1 saturated carbocycles. The quantitative estimate of drug-likeness (QED) is 0.786. The summed E-state index contributed by atoms with van der Waals surface area (Å²) >= 11 is 0. The standard InChI is InChI=1S/C22H17O3/c1-24-17-11-12-18-20(14-17)25-22(16-9-3-2-4-10-16)19(21(18)23)13-15-7-5-6-8-15/h2-14,22H,1H3/b19-13+. The molecule has 0 N–H and O–H groups in total. The Morgan fingerprint density at radius 1 is 1.04 bits per heavy atom. The van der Waals surface area contributed by atoms with E-state index in [9.17, 15) is 4.79 Å². The number of benzene rings is 2. The van der Waals surface area contributed by atoms with Crippen LogP contribution in [0.5, 0.6) is 11.5 Å². The Morgan fingerprint density at radius 2 is 1.80 bits per heavy atom. The SMILES string of the molecule is COc1ccc2c(c1)OC(c1ccccc1)/C(=C/[C]1[CH][CH][CH][CH]1)C2=O. The van der Waals surface area contributed by atoms with Crippen molar-refractivity contribution in [2.75, 3.05) is 7.11 Å². The van der Waals surface area contributed by atoms with Gasteiger partial charge < -0.3 is 9.47 Å². The Labute approximate surface area is 148 Å². The molecule has 0 saturated heterocycles. The number of carbonyl (C=O) groups is 1. The molecule has 0 aromatic heterocycles. The van der Waals surface area contributed by atoms with Crippen LogP contribution in [0.3, 0.4) is 0 Å². The van der Waals surface area contributed by atoms with Crippen molar-refractivity contribution in [1.29, 1.82) is 0 Å². The van der Waals surface area contributed by atoms with Gasteiger partial charge in [0.2, 0.25) is 0 Å². The molecule has 1 heterocycles. The van der Waals surface area contributed by atoms with Crippen molar-refractivity contribution in [1.82, 2.24) is 0 Å². The Balaban J connectivity index is 1.79. The zero-order valence-electron chi connectivity index (χ0n) is 13.8. The van der Waals surface area contributed by atoms with E-state index in [2.05, 4.69) is 0 Å². The Bertz CT molecular complexity index is 801. The maximum Gasteiger partial charge on any atom is 0.196 e. The molecule has 5 radical (unpaired) electrons. The molecule has 25 heavy (non-hydrogen) atoms. The van der Waals surface area contributed by atoms with Crippen LogP contribution in [0.25, 0.3) is 0 Å². The van der Waals surface area contributed by atoms with Gasteiger partial charge in [-0.15, -0.1) is 0 Å². The fourth-order valence-corrected chi connectivity index (χ4v) is 3.06. The van der Waals surface area contributed by atoms with Gasteiger partial charge in [-0.25, -0.2) is 0 Å². The lowest BCUT2D eigenvalue weighted by Crippen LogP contribution is -2.24. The molecule has 3 heteroatoms. The number of ether oxygens (including phenoxy) is 2. The number of hydrogen-bond acceptors (Lipinski definition) is 3. The van der Waals surface area contributed by atoms with Gasteiger partial charge in [0.25, 0.3) is 0 Å². The maximum atomic E-state index is 13.1. The summed E-state index contributed by atoms with van der Waals surface area (Å²) in [5, 5.41) is 0. The summed E-state index contributed by atoms with van der Waals surface area (Å²) in [4.78, 5) is 13.1. The van der Waals surface area contributed by atoms with Crippen molar-refractivity contribution in [3.63, 3.8) is 0 Å². The highest BCUT2D eigenvalue weighted by Gasteiger charge is 2.34. The molecule has 3 nitrogen and oxygen atoms in total. The number of fused-ring (bicyclic) bond motifs is 1. The van der Waals surface area contributed by atoms with Gasteiger partial charge in [-0.05, 0) is 43.4 Å². The van der Waals surface area contributed by atoms with Crippen LogP contribution < -0.4 is 9.47 Å². The van der Waals surface area contributed by atoms with Crippen molar-refractivity contribution in [2.24, 2.45) is 0 Å². The largest absolute Gasteiger partial charge is 0.497 e. The number of ketones is 1. The molecule has 1 atom stereocenters. The van der Waals surface area contributed by atoms with Gasteiger partial charge in [-0.1, -0.05) is 36.4 Å². The Morgan fingerprint density at radius 3 is 2.52 bits per heavy atom. The van der Waals surface area contributed by atoms with Gasteiger partial charge in [-0.3, -0.25) is 4.79 Å². The van der Waals surface area contributed by atoms with E-state index in [0.29, 0.717) is 22.6 Å². The summed E-state index contributed by atoms with van der Waals surface area (Å²) in [7, 11) is 1.60. The van der Waals surface area contributed by atoms with E-state index < -0.39 is 6.10 Å². The van der Waals surface area contributed by atoms with E-state index in [1.807, 2.05) is 62.1 Å². The molecule has 2 aliphatic rings. The van der Waals surface area contributed by atoms with Gasteiger partial charge in [-0.2, -0.15) is 0 Å². The van der Waals surface area contributed by atoms with Crippen molar-refractivity contribution in [2.45, 2.75) is 6.10 Å². The highest BCUT2D eigenvalue weighted by atomic mass is 16.5. The van der Waals surface area contributed by atoms with Gasteiger partial charge in [0, 0.05) is 17.6 Å².